The second-order valence-corrected chi connectivity index (χ2v) is 8.20. The number of benzene rings is 2. The van der Waals surface area contributed by atoms with Gasteiger partial charge in [-0.05, 0) is 56.8 Å². The van der Waals surface area contributed by atoms with Crippen molar-refractivity contribution in [1.29, 1.82) is 0 Å². The maximum Gasteiger partial charge on any atom is 0.204 e. The van der Waals surface area contributed by atoms with Gasteiger partial charge in [-0.1, -0.05) is 24.3 Å². The predicted molar refractivity (Wildman–Crippen MR) is 117 cm³/mol. The highest BCUT2D eigenvalue weighted by Crippen LogP contribution is 2.24. The Morgan fingerprint density at radius 1 is 1.07 bits per heavy atom. The van der Waals surface area contributed by atoms with E-state index >= 15 is 0 Å². The molecule has 1 aromatic heterocycles. The lowest BCUT2D eigenvalue weighted by atomic mass is 10.1. The molecule has 0 saturated carbocycles. The van der Waals surface area contributed by atoms with Gasteiger partial charge in [0.15, 0.2) is 0 Å². The molecule has 1 fully saturated rings. The second kappa shape index (κ2) is 8.93. The largest absolute Gasteiger partial charge is 0.353 e. The van der Waals surface area contributed by atoms with Crippen LogP contribution >= 0.6 is 0 Å². The van der Waals surface area contributed by atoms with E-state index < -0.39 is 0 Å². The van der Waals surface area contributed by atoms with Gasteiger partial charge in [-0.15, -0.1) is 0 Å². The fourth-order valence-electron chi connectivity index (χ4n) is 3.94. The average Bonchev–Trinajstić information content (AvgIpc) is 3.06. The molecule has 1 aliphatic rings. The first-order valence-corrected chi connectivity index (χ1v) is 10.4. The zero-order valence-electron chi connectivity index (χ0n) is 17.3. The SMILES string of the molecule is CN(C)CCN1CCC(Nc2nc3ccccc3n2Cc2ccc(F)cc2)CC1. The number of hydrogen-bond acceptors (Lipinski definition) is 4. The number of anilines is 1. The third-order valence-corrected chi connectivity index (χ3v) is 5.69. The zero-order chi connectivity index (χ0) is 20.2. The summed E-state index contributed by atoms with van der Waals surface area (Å²) in [6.45, 7) is 5.13. The number of hydrogen-bond donors (Lipinski definition) is 1. The van der Waals surface area contributed by atoms with Crippen LogP contribution in [0.5, 0.6) is 0 Å². The van der Waals surface area contributed by atoms with Crippen molar-refractivity contribution >= 4 is 17.0 Å². The molecule has 3 aromatic rings. The number of aromatic nitrogens is 2. The van der Waals surface area contributed by atoms with E-state index in [4.69, 9.17) is 4.98 Å². The van der Waals surface area contributed by atoms with Crippen molar-refractivity contribution in [3.05, 3.63) is 59.9 Å². The molecule has 6 heteroatoms. The van der Waals surface area contributed by atoms with Gasteiger partial charge in [-0.3, -0.25) is 0 Å². The molecular weight excluding hydrogens is 365 g/mol. The van der Waals surface area contributed by atoms with E-state index in [-0.39, 0.29) is 5.82 Å². The summed E-state index contributed by atoms with van der Waals surface area (Å²) in [5, 5.41) is 3.70. The molecular formula is C23H30FN5. The molecule has 1 aliphatic heterocycles. The Labute approximate surface area is 172 Å². The number of rotatable bonds is 7. The summed E-state index contributed by atoms with van der Waals surface area (Å²) in [5.41, 5.74) is 3.15. The Balaban J connectivity index is 1.48. The van der Waals surface area contributed by atoms with E-state index in [1.165, 1.54) is 12.1 Å². The minimum Gasteiger partial charge on any atom is -0.353 e. The number of imidazole rings is 1. The molecule has 2 aromatic carbocycles. The van der Waals surface area contributed by atoms with Gasteiger partial charge in [-0.2, -0.15) is 0 Å². The Bertz CT molecular complexity index is 926. The number of likely N-dealkylation sites (tertiary alicyclic amines) is 1. The van der Waals surface area contributed by atoms with Crippen molar-refractivity contribution in [3.8, 4) is 0 Å². The number of fused-ring (bicyclic) bond motifs is 1. The van der Waals surface area contributed by atoms with Crippen LogP contribution in [0.15, 0.2) is 48.5 Å². The van der Waals surface area contributed by atoms with E-state index in [2.05, 4.69) is 39.8 Å². The van der Waals surface area contributed by atoms with Crippen molar-refractivity contribution in [1.82, 2.24) is 19.4 Å². The number of halogens is 1. The summed E-state index contributed by atoms with van der Waals surface area (Å²) in [6.07, 6.45) is 2.24. The van der Waals surface area contributed by atoms with Crippen molar-refractivity contribution < 1.29 is 4.39 Å². The van der Waals surface area contributed by atoms with Gasteiger partial charge in [0.1, 0.15) is 5.82 Å². The van der Waals surface area contributed by atoms with Crippen molar-refractivity contribution in [2.75, 3.05) is 45.6 Å². The first kappa shape index (κ1) is 19.9. The van der Waals surface area contributed by atoms with Crippen LogP contribution in [0.4, 0.5) is 10.3 Å². The molecule has 2 heterocycles. The molecule has 1 N–H and O–H groups in total. The quantitative estimate of drug-likeness (QED) is 0.662. The minimum absolute atomic E-state index is 0.205. The monoisotopic (exact) mass is 395 g/mol. The predicted octanol–water partition coefficient (Wildman–Crippen LogP) is 3.66. The lowest BCUT2D eigenvalue weighted by molar-refractivity contribution is 0.199. The van der Waals surface area contributed by atoms with E-state index in [1.54, 1.807) is 0 Å². The van der Waals surface area contributed by atoms with Gasteiger partial charge in [0.25, 0.3) is 0 Å². The van der Waals surface area contributed by atoms with E-state index in [9.17, 15) is 4.39 Å². The standard InChI is InChI=1S/C23H30FN5/c1-27(2)15-16-28-13-11-20(12-14-28)25-23-26-21-5-3-4-6-22(21)29(23)17-18-7-9-19(24)10-8-18/h3-10,20H,11-17H2,1-2H3,(H,25,26). The van der Waals surface area contributed by atoms with Crippen LogP contribution in [0, 0.1) is 5.82 Å². The highest BCUT2D eigenvalue weighted by atomic mass is 19.1. The number of nitrogens with one attached hydrogen (secondary N) is 1. The normalized spacial score (nSPS) is 16.0. The molecule has 0 atom stereocenters. The minimum atomic E-state index is -0.205. The molecule has 5 nitrogen and oxygen atoms in total. The molecule has 0 amide bonds. The third kappa shape index (κ3) is 4.95. The van der Waals surface area contributed by atoms with E-state index in [0.717, 1.165) is 61.6 Å². The van der Waals surface area contributed by atoms with E-state index in [1.807, 2.05) is 30.3 Å². The maximum atomic E-state index is 13.3. The van der Waals surface area contributed by atoms with E-state index in [0.29, 0.717) is 12.6 Å². The van der Waals surface area contributed by atoms with Crippen LogP contribution in [0.25, 0.3) is 11.0 Å². The summed E-state index contributed by atoms with van der Waals surface area (Å²) in [6, 6.07) is 15.4. The van der Waals surface area contributed by atoms with Gasteiger partial charge in [0, 0.05) is 32.2 Å². The zero-order valence-corrected chi connectivity index (χ0v) is 17.3. The topological polar surface area (TPSA) is 36.3 Å². The second-order valence-electron chi connectivity index (χ2n) is 8.20. The van der Waals surface area contributed by atoms with Gasteiger partial charge in [0.05, 0.1) is 17.6 Å². The Kier molecular flexibility index (Phi) is 6.11. The van der Waals surface area contributed by atoms with Crippen molar-refractivity contribution in [2.45, 2.75) is 25.4 Å². The lowest BCUT2D eigenvalue weighted by Gasteiger charge is -2.33. The van der Waals surface area contributed by atoms with Gasteiger partial charge in [-0.25, -0.2) is 9.37 Å². The summed E-state index contributed by atoms with van der Waals surface area (Å²) < 4.78 is 15.5. The third-order valence-electron chi connectivity index (χ3n) is 5.69. The lowest BCUT2D eigenvalue weighted by Crippen LogP contribution is -2.42. The maximum absolute atomic E-state index is 13.3. The summed E-state index contributed by atoms with van der Waals surface area (Å²) >= 11 is 0. The number of likely N-dealkylation sites (N-methyl/N-ethyl adjacent to an activating group) is 1. The van der Waals surface area contributed by atoms with Crippen LogP contribution in [0.2, 0.25) is 0 Å². The Morgan fingerprint density at radius 2 is 1.79 bits per heavy atom. The Hall–Kier alpha value is -2.44. The first-order valence-electron chi connectivity index (χ1n) is 10.4. The fraction of sp³-hybridized carbons (Fsp3) is 0.435. The molecule has 1 saturated heterocycles. The fourth-order valence-corrected chi connectivity index (χ4v) is 3.94. The van der Waals surface area contributed by atoms with Crippen molar-refractivity contribution in [2.24, 2.45) is 0 Å². The smallest absolute Gasteiger partial charge is 0.204 e. The summed E-state index contributed by atoms with van der Waals surface area (Å²) in [7, 11) is 4.25. The van der Waals surface area contributed by atoms with Crippen LogP contribution in [-0.4, -0.2) is 65.7 Å². The molecule has 0 bridgehead atoms. The van der Waals surface area contributed by atoms with Gasteiger partial charge < -0.3 is 19.7 Å². The van der Waals surface area contributed by atoms with Crippen LogP contribution in [-0.2, 0) is 6.54 Å². The number of para-hydroxylation sites is 2. The molecule has 0 unspecified atom stereocenters. The van der Waals surface area contributed by atoms with Gasteiger partial charge in [0.2, 0.25) is 5.95 Å². The highest BCUT2D eigenvalue weighted by molar-refractivity contribution is 5.78. The first-order chi connectivity index (χ1) is 14.1. The van der Waals surface area contributed by atoms with Crippen LogP contribution in [0.1, 0.15) is 18.4 Å². The summed E-state index contributed by atoms with van der Waals surface area (Å²) in [4.78, 5) is 9.64. The summed E-state index contributed by atoms with van der Waals surface area (Å²) in [5.74, 6) is 0.700. The van der Waals surface area contributed by atoms with Crippen LogP contribution in [0.3, 0.4) is 0 Å². The highest BCUT2D eigenvalue weighted by Gasteiger charge is 2.21. The molecule has 0 radical (unpaired) electrons. The van der Waals surface area contributed by atoms with Crippen molar-refractivity contribution in [3.63, 3.8) is 0 Å². The average molecular weight is 396 g/mol. The Morgan fingerprint density at radius 3 is 2.52 bits per heavy atom. The molecule has 29 heavy (non-hydrogen) atoms. The molecule has 4 rings (SSSR count). The number of nitrogens with zero attached hydrogens (tertiary/aromatic N) is 4. The molecule has 154 valence electrons. The molecule has 0 spiro atoms. The van der Waals surface area contributed by atoms with Gasteiger partial charge >= 0.3 is 0 Å². The molecule has 0 aliphatic carbocycles. The number of piperidine rings is 1. The van der Waals surface area contributed by atoms with Crippen LogP contribution < -0.4 is 5.32 Å².